The molecule has 1 aliphatic rings. The number of rotatable bonds is 8. The normalized spacial score (nSPS) is 15.5. The highest BCUT2D eigenvalue weighted by Crippen LogP contribution is 2.26. The van der Waals surface area contributed by atoms with Crippen LogP contribution in [0.2, 0.25) is 0 Å². The summed E-state index contributed by atoms with van der Waals surface area (Å²) in [7, 11) is 1.85. The maximum absolute atomic E-state index is 13.2. The predicted octanol–water partition coefficient (Wildman–Crippen LogP) is 3.85. The fourth-order valence-electron chi connectivity index (χ4n) is 4.02. The summed E-state index contributed by atoms with van der Waals surface area (Å²) in [6.07, 6.45) is 11.1. The highest BCUT2D eigenvalue weighted by atomic mass is 16.2. The number of benzene rings is 1. The zero-order valence-corrected chi connectivity index (χ0v) is 17.2. The molecule has 1 aromatic carbocycles. The second-order valence-electron chi connectivity index (χ2n) is 8.01. The number of nitrogens with zero attached hydrogens (tertiary/aromatic N) is 2. The van der Waals surface area contributed by atoms with Crippen LogP contribution in [0.5, 0.6) is 0 Å². The summed E-state index contributed by atoms with van der Waals surface area (Å²) in [5, 5.41) is 2.93. The third kappa shape index (κ3) is 6.41. The Hall–Kier alpha value is -2.69. The van der Waals surface area contributed by atoms with Crippen LogP contribution in [-0.2, 0) is 11.2 Å². The van der Waals surface area contributed by atoms with E-state index < -0.39 is 6.04 Å². The SMILES string of the molecule is CN(CCC1CCCCC1)C(=O)C(Cc1ccccc1)NC(=O)c1cccnc1. The lowest BCUT2D eigenvalue weighted by Crippen LogP contribution is -2.49. The van der Waals surface area contributed by atoms with E-state index in [-0.39, 0.29) is 11.8 Å². The van der Waals surface area contributed by atoms with Gasteiger partial charge in [-0.05, 0) is 30.0 Å². The van der Waals surface area contributed by atoms with Gasteiger partial charge in [0, 0.05) is 32.4 Å². The summed E-state index contributed by atoms with van der Waals surface area (Å²) in [4.78, 5) is 31.6. The number of likely N-dealkylation sites (N-methyl/N-ethyl adjacent to an activating group) is 1. The van der Waals surface area contributed by atoms with Crippen molar-refractivity contribution in [2.45, 2.75) is 51.0 Å². The molecule has 1 heterocycles. The number of amides is 2. The van der Waals surface area contributed by atoms with Gasteiger partial charge in [0.15, 0.2) is 0 Å². The van der Waals surface area contributed by atoms with Crippen molar-refractivity contribution in [2.24, 2.45) is 5.92 Å². The Morgan fingerprint density at radius 3 is 2.55 bits per heavy atom. The van der Waals surface area contributed by atoms with Crippen LogP contribution in [0.1, 0.15) is 54.4 Å². The third-order valence-electron chi connectivity index (χ3n) is 5.78. The quantitative estimate of drug-likeness (QED) is 0.741. The molecule has 5 nitrogen and oxygen atoms in total. The number of carbonyl (C=O) groups is 2. The van der Waals surface area contributed by atoms with E-state index in [0.29, 0.717) is 12.0 Å². The Kier molecular flexibility index (Phi) is 7.79. The number of nitrogens with one attached hydrogen (secondary N) is 1. The number of hydrogen-bond acceptors (Lipinski definition) is 3. The number of aromatic nitrogens is 1. The lowest BCUT2D eigenvalue weighted by atomic mass is 9.87. The Labute approximate surface area is 173 Å². The van der Waals surface area contributed by atoms with Crippen molar-refractivity contribution < 1.29 is 9.59 Å². The second-order valence-corrected chi connectivity index (χ2v) is 8.01. The summed E-state index contributed by atoms with van der Waals surface area (Å²) < 4.78 is 0. The largest absolute Gasteiger partial charge is 0.344 e. The van der Waals surface area contributed by atoms with Crippen molar-refractivity contribution in [1.82, 2.24) is 15.2 Å². The maximum Gasteiger partial charge on any atom is 0.253 e. The van der Waals surface area contributed by atoms with Gasteiger partial charge in [-0.25, -0.2) is 0 Å². The molecule has 0 bridgehead atoms. The van der Waals surface area contributed by atoms with E-state index in [9.17, 15) is 9.59 Å². The lowest BCUT2D eigenvalue weighted by Gasteiger charge is -2.28. The molecule has 1 fully saturated rings. The van der Waals surface area contributed by atoms with Gasteiger partial charge in [0.1, 0.15) is 6.04 Å². The van der Waals surface area contributed by atoms with Crippen LogP contribution in [0.3, 0.4) is 0 Å². The minimum Gasteiger partial charge on any atom is -0.344 e. The van der Waals surface area contributed by atoms with E-state index >= 15 is 0 Å². The van der Waals surface area contributed by atoms with Crippen LogP contribution in [0, 0.1) is 5.92 Å². The zero-order valence-electron chi connectivity index (χ0n) is 17.2. The molecule has 1 saturated carbocycles. The van der Waals surface area contributed by atoms with Crippen molar-refractivity contribution in [3.05, 3.63) is 66.0 Å². The molecule has 2 amide bonds. The van der Waals surface area contributed by atoms with Crippen LogP contribution in [-0.4, -0.2) is 41.3 Å². The van der Waals surface area contributed by atoms with Crippen molar-refractivity contribution in [3.8, 4) is 0 Å². The molecule has 0 radical (unpaired) electrons. The first-order valence-corrected chi connectivity index (χ1v) is 10.6. The van der Waals surface area contributed by atoms with Gasteiger partial charge in [-0.3, -0.25) is 14.6 Å². The summed E-state index contributed by atoms with van der Waals surface area (Å²) in [5.74, 6) is 0.409. The predicted molar refractivity (Wildman–Crippen MR) is 114 cm³/mol. The van der Waals surface area contributed by atoms with Crippen LogP contribution in [0.15, 0.2) is 54.9 Å². The number of hydrogen-bond donors (Lipinski definition) is 1. The molecule has 3 rings (SSSR count). The first-order valence-electron chi connectivity index (χ1n) is 10.6. The van der Waals surface area contributed by atoms with E-state index in [1.54, 1.807) is 23.2 Å². The molecule has 154 valence electrons. The molecular formula is C24H31N3O2. The maximum atomic E-state index is 13.2. The summed E-state index contributed by atoms with van der Waals surface area (Å²) in [6, 6.07) is 12.7. The van der Waals surface area contributed by atoms with Gasteiger partial charge < -0.3 is 10.2 Å². The zero-order chi connectivity index (χ0) is 20.5. The van der Waals surface area contributed by atoms with E-state index in [1.165, 1.54) is 38.3 Å². The van der Waals surface area contributed by atoms with Crippen LogP contribution in [0.25, 0.3) is 0 Å². The van der Waals surface area contributed by atoms with E-state index in [1.807, 2.05) is 37.4 Å². The van der Waals surface area contributed by atoms with Gasteiger partial charge in [0.2, 0.25) is 5.91 Å². The topological polar surface area (TPSA) is 62.3 Å². The van der Waals surface area contributed by atoms with Crippen molar-refractivity contribution >= 4 is 11.8 Å². The molecule has 1 atom stereocenters. The molecule has 5 heteroatoms. The van der Waals surface area contributed by atoms with Gasteiger partial charge in [-0.2, -0.15) is 0 Å². The standard InChI is InChI=1S/C24H31N3O2/c1-27(16-14-19-9-4-2-5-10-19)24(29)22(17-20-11-6-3-7-12-20)26-23(28)21-13-8-15-25-18-21/h3,6-8,11-13,15,18-19,22H,2,4-5,9-10,14,16-17H2,1H3,(H,26,28). The first-order chi connectivity index (χ1) is 14.1. The summed E-state index contributed by atoms with van der Waals surface area (Å²) in [5.41, 5.74) is 1.49. The fourth-order valence-corrected chi connectivity index (χ4v) is 4.02. The first kappa shape index (κ1) is 21.0. The van der Waals surface area contributed by atoms with Gasteiger partial charge in [0.05, 0.1) is 5.56 Å². The Morgan fingerprint density at radius 1 is 1.10 bits per heavy atom. The molecule has 1 aromatic heterocycles. The molecule has 0 spiro atoms. The molecule has 1 unspecified atom stereocenters. The Balaban J connectivity index is 1.65. The third-order valence-corrected chi connectivity index (χ3v) is 5.78. The summed E-state index contributed by atoms with van der Waals surface area (Å²) >= 11 is 0. The molecule has 2 aromatic rings. The molecular weight excluding hydrogens is 362 g/mol. The molecule has 0 saturated heterocycles. The van der Waals surface area contributed by atoms with E-state index in [0.717, 1.165) is 24.4 Å². The van der Waals surface area contributed by atoms with Gasteiger partial charge in [-0.15, -0.1) is 0 Å². The van der Waals surface area contributed by atoms with E-state index in [4.69, 9.17) is 0 Å². The molecule has 0 aliphatic heterocycles. The fraction of sp³-hybridized carbons (Fsp3) is 0.458. The second kappa shape index (κ2) is 10.7. The van der Waals surface area contributed by atoms with Gasteiger partial charge >= 0.3 is 0 Å². The van der Waals surface area contributed by atoms with Crippen molar-refractivity contribution in [3.63, 3.8) is 0 Å². The number of pyridine rings is 1. The average molecular weight is 394 g/mol. The lowest BCUT2D eigenvalue weighted by molar-refractivity contribution is -0.132. The minimum absolute atomic E-state index is 0.0399. The monoisotopic (exact) mass is 393 g/mol. The number of carbonyl (C=O) groups excluding carboxylic acids is 2. The van der Waals surface area contributed by atoms with Crippen molar-refractivity contribution in [2.75, 3.05) is 13.6 Å². The van der Waals surface area contributed by atoms with Gasteiger partial charge in [-0.1, -0.05) is 62.4 Å². The highest BCUT2D eigenvalue weighted by molar-refractivity contribution is 5.97. The smallest absolute Gasteiger partial charge is 0.253 e. The minimum atomic E-state index is -0.596. The Bertz CT molecular complexity index is 773. The molecule has 29 heavy (non-hydrogen) atoms. The van der Waals surface area contributed by atoms with Crippen LogP contribution >= 0.6 is 0 Å². The average Bonchev–Trinajstić information content (AvgIpc) is 2.78. The van der Waals surface area contributed by atoms with Crippen molar-refractivity contribution in [1.29, 1.82) is 0 Å². The Morgan fingerprint density at radius 2 is 1.86 bits per heavy atom. The van der Waals surface area contributed by atoms with Crippen LogP contribution in [0.4, 0.5) is 0 Å². The molecule has 1 N–H and O–H groups in total. The van der Waals surface area contributed by atoms with Gasteiger partial charge in [0.25, 0.3) is 5.91 Å². The molecule has 1 aliphatic carbocycles. The van der Waals surface area contributed by atoms with E-state index in [2.05, 4.69) is 10.3 Å². The van der Waals surface area contributed by atoms with Crippen LogP contribution < -0.4 is 5.32 Å². The highest BCUT2D eigenvalue weighted by Gasteiger charge is 2.25. The summed E-state index contributed by atoms with van der Waals surface area (Å²) in [6.45, 7) is 0.734.